The van der Waals surface area contributed by atoms with Crippen LogP contribution in [0.15, 0.2) is 41.8 Å². The van der Waals surface area contributed by atoms with Gasteiger partial charge in [-0.3, -0.25) is 10.1 Å². The minimum atomic E-state index is -4.00. The molecular weight excluding hydrogens is 284 g/mol. The molecule has 0 spiro atoms. The van der Waals surface area contributed by atoms with Gasteiger partial charge in [-0.05, 0) is 18.4 Å². The van der Waals surface area contributed by atoms with Crippen molar-refractivity contribution in [1.82, 2.24) is 4.72 Å². The zero-order valence-electron chi connectivity index (χ0n) is 10.7. The highest BCUT2D eigenvalue weighted by atomic mass is 32.2. The highest BCUT2D eigenvalue weighted by Crippen LogP contribution is 2.22. The van der Waals surface area contributed by atoms with E-state index in [0.29, 0.717) is 6.42 Å². The zero-order valence-corrected chi connectivity index (χ0v) is 11.5. The molecule has 7 nitrogen and oxygen atoms in total. The molecule has 0 aromatic heterocycles. The molecule has 1 aromatic carbocycles. The van der Waals surface area contributed by atoms with E-state index >= 15 is 0 Å². The van der Waals surface area contributed by atoms with Crippen molar-refractivity contribution in [1.29, 1.82) is 0 Å². The Bertz CT molecular complexity index is 585. The number of nitrogens with one attached hydrogen (secondary N) is 1. The summed E-state index contributed by atoms with van der Waals surface area (Å²) in [5.74, 6) is -0.315. The molecule has 0 aliphatic heterocycles. The second-order valence-electron chi connectivity index (χ2n) is 4.15. The van der Waals surface area contributed by atoms with Crippen molar-refractivity contribution in [2.75, 3.05) is 13.2 Å². The van der Waals surface area contributed by atoms with Crippen LogP contribution in [0.4, 0.5) is 5.69 Å². The Kier molecular flexibility index (Phi) is 5.81. The molecule has 110 valence electrons. The Morgan fingerprint density at radius 2 is 2.10 bits per heavy atom. The van der Waals surface area contributed by atoms with Crippen LogP contribution in [0, 0.1) is 16.0 Å². The van der Waals surface area contributed by atoms with Crippen LogP contribution in [0.2, 0.25) is 0 Å². The van der Waals surface area contributed by atoms with E-state index < -0.39 is 20.6 Å². The summed E-state index contributed by atoms with van der Waals surface area (Å²) in [5.41, 5.74) is -0.482. The van der Waals surface area contributed by atoms with Crippen LogP contribution >= 0.6 is 0 Å². The minimum absolute atomic E-state index is 0.0170. The Hall–Kier alpha value is -1.77. The van der Waals surface area contributed by atoms with Gasteiger partial charge in [0.05, 0.1) is 4.92 Å². The lowest BCUT2D eigenvalue weighted by Gasteiger charge is -2.13. The number of benzene rings is 1. The number of aliphatic hydroxyl groups excluding tert-OH is 1. The maximum Gasteiger partial charge on any atom is 0.289 e. The molecule has 1 unspecified atom stereocenters. The van der Waals surface area contributed by atoms with Crippen LogP contribution in [0.5, 0.6) is 0 Å². The summed E-state index contributed by atoms with van der Waals surface area (Å²) in [7, 11) is -4.00. The van der Waals surface area contributed by atoms with Gasteiger partial charge in [0, 0.05) is 19.2 Å². The molecule has 2 N–H and O–H groups in total. The average molecular weight is 300 g/mol. The molecule has 0 amide bonds. The van der Waals surface area contributed by atoms with Crippen LogP contribution in [0.25, 0.3) is 0 Å². The van der Waals surface area contributed by atoms with Crippen molar-refractivity contribution in [3.63, 3.8) is 0 Å². The van der Waals surface area contributed by atoms with Crippen molar-refractivity contribution in [3.8, 4) is 0 Å². The molecule has 1 rings (SSSR count). The lowest BCUT2D eigenvalue weighted by atomic mass is 10.1. The highest BCUT2D eigenvalue weighted by Gasteiger charge is 2.25. The molecule has 8 heteroatoms. The maximum absolute atomic E-state index is 12.1. The number of sulfonamides is 1. The number of allylic oxidation sites excluding steroid dienone is 1. The van der Waals surface area contributed by atoms with E-state index in [1.54, 1.807) is 6.08 Å². The summed E-state index contributed by atoms with van der Waals surface area (Å²) in [5, 5.41) is 19.9. The third-order valence-electron chi connectivity index (χ3n) is 2.67. The first kappa shape index (κ1) is 16.3. The van der Waals surface area contributed by atoms with Gasteiger partial charge in [0.15, 0.2) is 4.90 Å². The molecule has 1 atom stereocenters. The first-order valence-electron chi connectivity index (χ1n) is 5.87. The molecule has 0 fully saturated rings. The molecule has 1 aromatic rings. The molecule has 20 heavy (non-hydrogen) atoms. The van der Waals surface area contributed by atoms with Gasteiger partial charge in [0.25, 0.3) is 5.69 Å². The third kappa shape index (κ3) is 4.12. The number of nitro benzene ring substituents is 1. The van der Waals surface area contributed by atoms with Crippen molar-refractivity contribution < 1.29 is 18.4 Å². The van der Waals surface area contributed by atoms with Gasteiger partial charge in [0.2, 0.25) is 10.0 Å². The number of aliphatic hydroxyl groups is 1. The number of nitrogens with zero attached hydrogens (tertiary/aromatic N) is 1. The summed E-state index contributed by atoms with van der Waals surface area (Å²) >= 11 is 0. The molecule has 0 radical (unpaired) electrons. The Labute approximate surface area is 117 Å². The van der Waals surface area contributed by atoms with E-state index in [4.69, 9.17) is 5.11 Å². The summed E-state index contributed by atoms with van der Waals surface area (Å²) in [6.45, 7) is 3.29. The van der Waals surface area contributed by atoms with E-state index in [1.165, 1.54) is 18.2 Å². The van der Waals surface area contributed by atoms with Crippen molar-refractivity contribution in [2.45, 2.75) is 11.3 Å². The summed E-state index contributed by atoms with van der Waals surface area (Å²) in [6.07, 6.45) is 2.01. The average Bonchev–Trinajstić information content (AvgIpc) is 2.43. The Morgan fingerprint density at radius 1 is 1.45 bits per heavy atom. The first-order chi connectivity index (χ1) is 9.42. The third-order valence-corrected chi connectivity index (χ3v) is 4.14. The number of rotatable bonds is 8. The molecule has 0 saturated carbocycles. The van der Waals surface area contributed by atoms with Gasteiger partial charge in [-0.15, -0.1) is 6.58 Å². The lowest BCUT2D eigenvalue weighted by Crippen LogP contribution is -2.31. The fourth-order valence-corrected chi connectivity index (χ4v) is 2.88. The minimum Gasteiger partial charge on any atom is -0.396 e. The van der Waals surface area contributed by atoms with Gasteiger partial charge in [-0.1, -0.05) is 18.2 Å². The number of nitro groups is 1. The predicted octanol–water partition coefficient (Wildman–Crippen LogP) is 1.06. The van der Waals surface area contributed by atoms with Crippen LogP contribution in [-0.2, 0) is 10.0 Å². The van der Waals surface area contributed by atoms with E-state index in [0.717, 1.165) is 6.07 Å². The zero-order chi connectivity index (χ0) is 15.2. The second-order valence-corrected chi connectivity index (χ2v) is 5.89. The molecular formula is C12H16N2O5S. The summed E-state index contributed by atoms with van der Waals surface area (Å²) in [6, 6.07) is 5.10. The van der Waals surface area contributed by atoms with Crippen molar-refractivity contribution >= 4 is 15.7 Å². The van der Waals surface area contributed by atoms with E-state index in [-0.39, 0.29) is 24.0 Å². The van der Waals surface area contributed by atoms with Crippen LogP contribution in [0.3, 0.4) is 0 Å². The number of para-hydroxylation sites is 1. The van der Waals surface area contributed by atoms with Crippen LogP contribution in [-0.4, -0.2) is 31.6 Å². The highest BCUT2D eigenvalue weighted by molar-refractivity contribution is 7.89. The van der Waals surface area contributed by atoms with Gasteiger partial charge in [0.1, 0.15) is 0 Å². The molecule has 0 bridgehead atoms. The molecule has 0 heterocycles. The molecule has 0 aliphatic carbocycles. The lowest BCUT2D eigenvalue weighted by molar-refractivity contribution is -0.387. The molecule has 0 aliphatic rings. The topological polar surface area (TPSA) is 110 Å². The maximum atomic E-state index is 12.1. The fourth-order valence-electron chi connectivity index (χ4n) is 1.60. The van der Waals surface area contributed by atoms with Crippen molar-refractivity contribution in [2.24, 2.45) is 5.92 Å². The van der Waals surface area contributed by atoms with Gasteiger partial charge < -0.3 is 5.11 Å². The van der Waals surface area contributed by atoms with Crippen LogP contribution < -0.4 is 4.72 Å². The monoisotopic (exact) mass is 300 g/mol. The van der Waals surface area contributed by atoms with Crippen LogP contribution in [0.1, 0.15) is 6.42 Å². The predicted molar refractivity (Wildman–Crippen MR) is 73.7 cm³/mol. The number of hydrogen-bond acceptors (Lipinski definition) is 5. The largest absolute Gasteiger partial charge is 0.396 e. The number of hydrogen-bond donors (Lipinski definition) is 2. The van der Waals surface area contributed by atoms with E-state index in [2.05, 4.69) is 11.3 Å². The van der Waals surface area contributed by atoms with Gasteiger partial charge in [-0.2, -0.15) is 0 Å². The van der Waals surface area contributed by atoms with Gasteiger partial charge in [-0.25, -0.2) is 13.1 Å². The Balaban J connectivity index is 2.94. The standard InChI is InChI=1S/C12H16N2O5S/c1-2-5-10(9-15)8-13-20(18,19)12-7-4-3-6-11(12)14(16)17/h2-4,6-7,10,13,15H,1,5,8-9H2. The Morgan fingerprint density at radius 3 is 2.65 bits per heavy atom. The normalized spacial score (nSPS) is 12.8. The second kappa shape index (κ2) is 7.13. The summed E-state index contributed by atoms with van der Waals surface area (Å²) in [4.78, 5) is 9.69. The fraction of sp³-hybridized carbons (Fsp3) is 0.333. The first-order valence-corrected chi connectivity index (χ1v) is 7.35. The quantitative estimate of drug-likeness (QED) is 0.424. The van der Waals surface area contributed by atoms with Crippen molar-refractivity contribution in [3.05, 3.63) is 47.0 Å². The van der Waals surface area contributed by atoms with Gasteiger partial charge >= 0.3 is 0 Å². The van der Waals surface area contributed by atoms with E-state index in [9.17, 15) is 18.5 Å². The SMILES string of the molecule is C=CCC(CO)CNS(=O)(=O)c1ccccc1[N+](=O)[O-]. The van der Waals surface area contributed by atoms with E-state index in [1.807, 2.05) is 0 Å². The summed E-state index contributed by atoms with van der Waals surface area (Å²) < 4.78 is 26.4. The smallest absolute Gasteiger partial charge is 0.289 e. The molecule has 0 saturated heterocycles.